The van der Waals surface area contributed by atoms with Crippen LogP contribution < -0.4 is 0 Å². The van der Waals surface area contributed by atoms with Crippen molar-refractivity contribution in [2.75, 3.05) is 13.1 Å². The molecular weight excluding hydrogens is 126 g/mol. The predicted octanol–water partition coefficient (Wildman–Crippen LogP) is 0.916. The van der Waals surface area contributed by atoms with Crippen LogP contribution in [-0.2, 0) is 4.79 Å². The van der Waals surface area contributed by atoms with Crippen molar-refractivity contribution in [3.8, 4) is 0 Å². The molecule has 1 heterocycles. The van der Waals surface area contributed by atoms with Crippen LogP contribution in [0.3, 0.4) is 0 Å². The van der Waals surface area contributed by atoms with Crippen molar-refractivity contribution in [2.45, 2.75) is 26.3 Å². The zero-order valence-corrected chi connectivity index (χ0v) is 6.71. The molecule has 1 rings (SSSR count). The Bertz CT molecular complexity index is 124. The molecule has 0 aliphatic carbocycles. The summed E-state index contributed by atoms with van der Waals surface area (Å²) in [6.07, 6.45) is 2.24. The van der Waals surface area contributed by atoms with E-state index in [0.29, 0.717) is 12.6 Å². The molecule has 0 bridgehead atoms. The van der Waals surface area contributed by atoms with Crippen LogP contribution >= 0.6 is 0 Å². The molecule has 1 aliphatic rings. The van der Waals surface area contributed by atoms with E-state index in [1.807, 2.05) is 0 Å². The first-order chi connectivity index (χ1) is 4.74. The van der Waals surface area contributed by atoms with E-state index < -0.39 is 0 Å². The highest BCUT2D eigenvalue weighted by Gasteiger charge is 2.24. The molecule has 2 unspecified atom stereocenters. The Morgan fingerprint density at radius 3 is 2.70 bits per heavy atom. The lowest BCUT2D eigenvalue weighted by atomic mass is 10.1. The zero-order chi connectivity index (χ0) is 7.56. The molecule has 0 aromatic heterocycles. The quantitative estimate of drug-likeness (QED) is 0.533. The lowest BCUT2D eigenvalue weighted by Gasteiger charge is -2.16. The Labute approximate surface area is 62.2 Å². The highest BCUT2D eigenvalue weighted by molar-refractivity contribution is 5.52. The van der Waals surface area contributed by atoms with Crippen molar-refractivity contribution in [2.24, 2.45) is 5.92 Å². The fraction of sp³-hybridized carbons (Fsp3) is 0.875. The summed E-state index contributed by atoms with van der Waals surface area (Å²) < 4.78 is 0. The molecule has 1 saturated heterocycles. The Morgan fingerprint density at radius 1 is 1.60 bits per heavy atom. The summed E-state index contributed by atoms with van der Waals surface area (Å²) >= 11 is 0. The van der Waals surface area contributed by atoms with Gasteiger partial charge in [0, 0.05) is 12.6 Å². The van der Waals surface area contributed by atoms with Crippen LogP contribution in [0.15, 0.2) is 0 Å². The maximum Gasteiger partial charge on any atom is 0.133 e. The van der Waals surface area contributed by atoms with Gasteiger partial charge in [-0.2, -0.15) is 0 Å². The van der Waals surface area contributed by atoms with E-state index in [-0.39, 0.29) is 0 Å². The van der Waals surface area contributed by atoms with Crippen molar-refractivity contribution in [1.29, 1.82) is 0 Å². The van der Waals surface area contributed by atoms with Crippen molar-refractivity contribution < 1.29 is 4.79 Å². The van der Waals surface area contributed by atoms with Gasteiger partial charge in [0.2, 0.25) is 0 Å². The van der Waals surface area contributed by atoms with E-state index in [4.69, 9.17) is 0 Å². The van der Waals surface area contributed by atoms with Crippen molar-refractivity contribution >= 4 is 6.29 Å². The van der Waals surface area contributed by atoms with Gasteiger partial charge in [0.1, 0.15) is 6.29 Å². The zero-order valence-electron chi connectivity index (χ0n) is 6.71. The molecule has 1 fully saturated rings. The Morgan fingerprint density at radius 2 is 2.30 bits per heavy atom. The summed E-state index contributed by atoms with van der Waals surface area (Å²) in [6.45, 7) is 6.14. The molecule has 0 amide bonds. The molecule has 0 aromatic carbocycles. The lowest BCUT2D eigenvalue weighted by Crippen LogP contribution is -2.28. The number of aldehydes is 1. The number of hydrogen-bond donors (Lipinski definition) is 0. The highest BCUT2D eigenvalue weighted by atomic mass is 16.1. The summed E-state index contributed by atoms with van der Waals surface area (Å²) in [4.78, 5) is 12.4. The molecule has 0 spiro atoms. The molecular formula is C8H15NO. The van der Waals surface area contributed by atoms with E-state index in [1.54, 1.807) is 0 Å². The molecule has 0 radical (unpaired) electrons. The lowest BCUT2D eigenvalue weighted by molar-refractivity contribution is -0.109. The second-order valence-electron chi connectivity index (χ2n) is 3.31. The average Bonchev–Trinajstić information content (AvgIpc) is 2.13. The topological polar surface area (TPSA) is 20.3 Å². The number of rotatable bonds is 2. The van der Waals surface area contributed by atoms with Crippen LogP contribution in [0.2, 0.25) is 0 Å². The molecule has 2 nitrogen and oxygen atoms in total. The van der Waals surface area contributed by atoms with E-state index in [9.17, 15) is 4.79 Å². The molecule has 2 atom stereocenters. The number of carbonyl (C=O) groups is 1. The largest absolute Gasteiger partial charge is 0.302 e. The number of hydrogen-bond acceptors (Lipinski definition) is 2. The predicted molar refractivity (Wildman–Crippen MR) is 40.9 cm³/mol. The van der Waals surface area contributed by atoms with Gasteiger partial charge in [0.25, 0.3) is 0 Å². The Balaban J connectivity index is 2.38. The van der Waals surface area contributed by atoms with Crippen LogP contribution in [0.25, 0.3) is 0 Å². The molecule has 10 heavy (non-hydrogen) atoms. The van der Waals surface area contributed by atoms with E-state index in [0.717, 1.165) is 18.7 Å². The van der Waals surface area contributed by atoms with Gasteiger partial charge in [0.15, 0.2) is 0 Å². The average molecular weight is 141 g/mol. The van der Waals surface area contributed by atoms with Gasteiger partial charge in [0.05, 0.1) is 6.54 Å². The Kier molecular flexibility index (Phi) is 2.44. The van der Waals surface area contributed by atoms with Crippen molar-refractivity contribution in [3.05, 3.63) is 0 Å². The fourth-order valence-corrected chi connectivity index (χ4v) is 1.74. The first kappa shape index (κ1) is 7.73. The third-order valence-electron chi connectivity index (χ3n) is 2.22. The molecule has 0 N–H and O–H groups in total. The van der Waals surface area contributed by atoms with Crippen molar-refractivity contribution in [3.63, 3.8) is 0 Å². The summed E-state index contributed by atoms with van der Waals surface area (Å²) in [5, 5.41) is 0. The van der Waals surface area contributed by atoms with Crippen LogP contribution in [0.5, 0.6) is 0 Å². The van der Waals surface area contributed by atoms with Gasteiger partial charge in [-0.15, -0.1) is 0 Å². The minimum absolute atomic E-state index is 0.611. The normalized spacial score (nSPS) is 34.6. The van der Waals surface area contributed by atoms with Gasteiger partial charge >= 0.3 is 0 Å². The van der Waals surface area contributed by atoms with Gasteiger partial charge < -0.3 is 4.79 Å². The van der Waals surface area contributed by atoms with E-state index in [1.165, 1.54) is 6.42 Å². The molecule has 0 aromatic rings. The monoisotopic (exact) mass is 141 g/mol. The van der Waals surface area contributed by atoms with Gasteiger partial charge in [-0.3, -0.25) is 4.90 Å². The summed E-state index contributed by atoms with van der Waals surface area (Å²) in [5.41, 5.74) is 0. The highest BCUT2D eigenvalue weighted by Crippen LogP contribution is 2.20. The second kappa shape index (κ2) is 3.15. The summed E-state index contributed by atoms with van der Waals surface area (Å²) in [7, 11) is 0. The first-order valence-corrected chi connectivity index (χ1v) is 3.91. The third kappa shape index (κ3) is 1.57. The molecule has 0 saturated carbocycles. The van der Waals surface area contributed by atoms with Crippen LogP contribution in [-0.4, -0.2) is 30.3 Å². The molecule has 2 heteroatoms. The van der Waals surface area contributed by atoms with Gasteiger partial charge in [-0.25, -0.2) is 0 Å². The SMILES string of the molecule is CC1CC(C)N(CC=O)C1. The maximum absolute atomic E-state index is 10.2. The van der Waals surface area contributed by atoms with Crippen LogP contribution in [0.1, 0.15) is 20.3 Å². The summed E-state index contributed by atoms with van der Waals surface area (Å²) in [6, 6.07) is 0.611. The number of nitrogens with zero attached hydrogens (tertiary/aromatic N) is 1. The Hall–Kier alpha value is -0.370. The summed E-state index contributed by atoms with van der Waals surface area (Å²) in [5.74, 6) is 0.773. The fourth-order valence-electron chi connectivity index (χ4n) is 1.74. The number of likely N-dealkylation sites (tertiary alicyclic amines) is 1. The van der Waals surface area contributed by atoms with Crippen LogP contribution in [0, 0.1) is 5.92 Å². The third-order valence-corrected chi connectivity index (χ3v) is 2.22. The maximum atomic E-state index is 10.2. The second-order valence-corrected chi connectivity index (χ2v) is 3.31. The van der Waals surface area contributed by atoms with Crippen LogP contribution in [0.4, 0.5) is 0 Å². The van der Waals surface area contributed by atoms with Gasteiger partial charge in [-0.05, 0) is 19.3 Å². The van der Waals surface area contributed by atoms with E-state index >= 15 is 0 Å². The van der Waals surface area contributed by atoms with E-state index in [2.05, 4.69) is 18.7 Å². The minimum atomic E-state index is 0.611. The van der Waals surface area contributed by atoms with Crippen molar-refractivity contribution in [1.82, 2.24) is 4.90 Å². The molecule has 1 aliphatic heterocycles. The minimum Gasteiger partial charge on any atom is -0.302 e. The first-order valence-electron chi connectivity index (χ1n) is 3.91. The molecule has 58 valence electrons. The smallest absolute Gasteiger partial charge is 0.133 e. The number of carbonyl (C=O) groups excluding carboxylic acids is 1. The standard InChI is InChI=1S/C8H15NO/c1-7-5-8(2)9(6-7)3-4-10/h4,7-8H,3,5-6H2,1-2H3. The van der Waals surface area contributed by atoms with Gasteiger partial charge in [-0.1, -0.05) is 6.92 Å².